The minimum atomic E-state index is -0.410. The van der Waals surface area contributed by atoms with E-state index in [0.29, 0.717) is 17.8 Å². The van der Waals surface area contributed by atoms with Gasteiger partial charge in [0.1, 0.15) is 11.6 Å². The van der Waals surface area contributed by atoms with Crippen molar-refractivity contribution >= 4 is 23.3 Å². The summed E-state index contributed by atoms with van der Waals surface area (Å²) in [4.78, 5) is 26.6. The van der Waals surface area contributed by atoms with E-state index in [9.17, 15) is 14.0 Å². The second kappa shape index (κ2) is 8.49. The molecule has 0 bridgehead atoms. The first kappa shape index (κ1) is 19.8. The van der Waals surface area contributed by atoms with Crippen molar-refractivity contribution in [1.29, 1.82) is 0 Å². The van der Waals surface area contributed by atoms with Gasteiger partial charge >= 0.3 is 0 Å². The largest absolute Gasteiger partial charge is 0.326 e. The van der Waals surface area contributed by atoms with Crippen LogP contribution in [0.5, 0.6) is 0 Å². The van der Waals surface area contributed by atoms with Crippen LogP contribution in [0.1, 0.15) is 25.0 Å². The van der Waals surface area contributed by atoms with Crippen molar-refractivity contribution in [1.82, 2.24) is 9.78 Å². The van der Waals surface area contributed by atoms with Gasteiger partial charge in [-0.1, -0.05) is 30.3 Å². The number of benzene rings is 2. The Kier molecular flexibility index (Phi) is 5.61. The van der Waals surface area contributed by atoms with Crippen LogP contribution in [0.15, 0.2) is 54.6 Å². The maximum Gasteiger partial charge on any atom is 0.228 e. The normalized spacial score (nSPS) is 13.1. The topological polar surface area (TPSA) is 67.2 Å². The summed E-state index contributed by atoms with van der Waals surface area (Å²) in [6.45, 7) is 3.30. The van der Waals surface area contributed by atoms with Gasteiger partial charge in [0, 0.05) is 43.2 Å². The Morgan fingerprint density at radius 1 is 1.07 bits per heavy atom. The van der Waals surface area contributed by atoms with Gasteiger partial charge in [-0.05, 0) is 37.1 Å². The molecule has 154 valence electrons. The summed E-state index contributed by atoms with van der Waals surface area (Å²) in [5.41, 5.74) is 2.48. The highest BCUT2D eigenvalue weighted by Crippen LogP contribution is 2.26. The van der Waals surface area contributed by atoms with Crippen LogP contribution < -0.4 is 10.2 Å². The number of anilines is 2. The average molecular weight is 406 g/mol. The van der Waals surface area contributed by atoms with Crippen LogP contribution in [0.3, 0.4) is 0 Å². The fourth-order valence-corrected chi connectivity index (χ4v) is 3.68. The average Bonchev–Trinajstić information content (AvgIpc) is 3.13. The Morgan fingerprint density at radius 3 is 2.63 bits per heavy atom. The summed E-state index contributed by atoms with van der Waals surface area (Å²) in [6, 6.07) is 15.7. The monoisotopic (exact) mass is 406 g/mol. The standard InChI is InChI=1S/C23H23FN4O2/c1-16-14-22-27(12-5-13-28(22)26-16)23(30)11-10-21(29)25-18-8-9-19(20(24)15-18)17-6-3-2-4-7-17/h2-4,6-9,14-15H,5,10-13H2,1H3,(H,25,29). The van der Waals surface area contributed by atoms with E-state index in [1.54, 1.807) is 17.0 Å². The van der Waals surface area contributed by atoms with E-state index in [1.165, 1.54) is 6.07 Å². The van der Waals surface area contributed by atoms with Crippen LogP contribution in [0, 0.1) is 12.7 Å². The van der Waals surface area contributed by atoms with E-state index in [4.69, 9.17) is 0 Å². The number of hydrogen-bond acceptors (Lipinski definition) is 3. The molecule has 0 unspecified atom stereocenters. The van der Waals surface area contributed by atoms with Crippen LogP contribution in [-0.4, -0.2) is 28.1 Å². The van der Waals surface area contributed by atoms with E-state index in [0.717, 1.165) is 30.0 Å². The Morgan fingerprint density at radius 2 is 1.87 bits per heavy atom. The van der Waals surface area contributed by atoms with Gasteiger partial charge in [0.25, 0.3) is 0 Å². The molecule has 0 spiro atoms. The third-order valence-corrected chi connectivity index (χ3v) is 5.11. The summed E-state index contributed by atoms with van der Waals surface area (Å²) < 4.78 is 16.3. The van der Waals surface area contributed by atoms with Crippen LogP contribution in [0.2, 0.25) is 0 Å². The molecule has 0 saturated carbocycles. The Balaban J connectivity index is 1.35. The molecule has 0 atom stereocenters. The van der Waals surface area contributed by atoms with Gasteiger partial charge in [0.15, 0.2) is 0 Å². The smallest absolute Gasteiger partial charge is 0.228 e. The van der Waals surface area contributed by atoms with Crippen LogP contribution in [-0.2, 0) is 16.1 Å². The summed E-state index contributed by atoms with van der Waals surface area (Å²) >= 11 is 0. The Hall–Kier alpha value is -3.48. The lowest BCUT2D eigenvalue weighted by atomic mass is 10.0. The number of aryl methyl sites for hydroxylation is 2. The van der Waals surface area contributed by atoms with E-state index in [2.05, 4.69) is 10.4 Å². The van der Waals surface area contributed by atoms with E-state index < -0.39 is 5.82 Å². The summed E-state index contributed by atoms with van der Waals surface area (Å²) in [5, 5.41) is 7.06. The molecule has 1 N–H and O–H groups in total. The molecule has 0 aliphatic carbocycles. The number of nitrogens with one attached hydrogen (secondary N) is 1. The maximum absolute atomic E-state index is 14.5. The quantitative estimate of drug-likeness (QED) is 0.692. The molecular weight excluding hydrogens is 383 g/mol. The predicted octanol–water partition coefficient (Wildman–Crippen LogP) is 4.15. The van der Waals surface area contributed by atoms with Crippen molar-refractivity contribution in [3.05, 3.63) is 66.1 Å². The van der Waals surface area contributed by atoms with Crippen molar-refractivity contribution in [2.24, 2.45) is 0 Å². The zero-order valence-corrected chi connectivity index (χ0v) is 16.8. The molecule has 1 aliphatic rings. The summed E-state index contributed by atoms with van der Waals surface area (Å²) in [5.74, 6) is -0.0664. The van der Waals surface area contributed by atoms with Crippen LogP contribution >= 0.6 is 0 Å². The minimum Gasteiger partial charge on any atom is -0.326 e. The highest BCUT2D eigenvalue weighted by atomic mass is 19.1. The van der Waals surface area contributed by atoms with Gasteiger partial charge < -0.3 is 5.32 Å². The van der Waals surface area contributed by atoms with Gasteiger partial charge in [-0.3, -0.25) is 14.5 Å². The number of hydrogen-bond donors (Lipinski definition) is 1. The fourth-order valence-electron chi connectivity index (χ4n) is 3.68. The zero-order valence-electron chi connectivity index (χ0n) is 16.8. The number of nitrogens with zero attached hydrogens (tertiary/aromatic N) is 3. The van der Waals surface area contributed by atoms with E-state index >= 15 is 0 Å². The molecule has 3 aromatic rings. The molecule has 4 rings (SSSR count). The highest BCUT2D eigenvalue weighted by Gasteiger charge is 2.24. The lowest BCUT2D eigenvalue weighted by molar-refractivity contribution is -0.122. The molecule has 6 nitrogen and oxygen atoms in total. The number of fused-ring (bicyclic) bond motifs is 1. The first-order valence-electron chi connectivity index (χ1n) is 10.0. The molecule has 0 fully saturated rings. The van der Waals surface area contributed by atoms with Crippen molar-refractivity contribution in [2.45, 2.75) is 32.7 Å². The maximum atomic E-state index is 14.5. The van der Waals surface area contributed by atoms with Gasteiger partial charge in [0.05, 0.1) is 5.69 Å². The number of rotatable bonds is 5. The first-order chi connectivity index (χ1) is 14.5. The zero-order chi connectivity index (χ0) is 21.1. The fraction of sp³-hybridized carbons (Fsp3) is 0.261. The lowest BCUT2D eigenvalue weighted by Gasteiger charge is -2.27. The number of amides is 2. The molecule has 2 aromatic carbocycles. The van der Waals surface area contributed by atoms with Crippen molar-refractivity contribution in [2.75, 3.05) is 16.8 Å². The number of halogens is 1. The number of aromatic nitrogens is 2. The molecule has 1 aliphatic heterocycles. The van der Waals surface area contributed by atoms with Gasteiger partial charge in [0.2, 0.25) is 11.8 Å². The Labute approximate surface area is 174 Å². The van der Waals surface area contributed by atoms with E-state index in [-0.39, 0.29) is 24.7 Å². The lowest BCUT2D eigenvalue weighted by Crippen LogP contribution is -2.37. The van der Waals surface area contributed by atoms with E-state index in [1.807, 2.05) is 48.0 Å². The first-order valence-corrected chi connectivity index (χ1v) is 10.0. The molecule has 2 amide bonds. The second-order valence-corrected chi connectivity index (χ2v) is 7.37. The molecule has 7 heteroatoms. The second-order valence-electron chi connectivity index (χ2n) is 7.37. The van der Waals surface area contributed by atoms with Crippen molar-refractivity contribution in [3.63, 3.8) is 0 Å². The highest BCUT2D eigenvalue weighted by molar-refractivity contribution is 5.98. The summed E-state index contributed by atoms with van der Waals surface area (Å²) in [6.07, 6.45) is 0.949. The van der Waals surface area contributed by atoms with Crippen molar-refractivity contribution in [3.8, 4) is 11.1 Å². The van der Waals surface area contributed by atoms with Gasteiger partial charge in [-0.25, -0.2) is 9.07 Å². The van der Waals surface area contributed by atoms with Crippen LogP contribution in [0.4, 0.5) is 15.9 Å². The van der Waals surface area contributed by atoms with Gasteiger partial charge in [-0.15, -0.1) is 0 Å². The summed E-state index contributed by atoms with van der Waals surface area (Å²) in [7, 11) is 0. The molecule has 2 heterocycles. The SMILES string of the molecule is Cc1cc2n(n1)CCCN2C(=O)CCC(=O)Nc1ccc(-c2ccccc2)c(F)c1. The third-order valence-electron chi connectivity index (χ3n) is 5.11. The van der Waals surface area contributed by atoms with Gasteiger partial charge in [-0.2, -0.15) is 5.10 Å². The predicted molar refractivity (Wildman–Crippen MR) is 114 cm³/mol. The molecule has 0 radical (unpaired) electrons. The van der Waals surface area contributed by atoms with Crippen LogP contribution in [0.25, 0.3) is 11.1 Å². The molecular formula is C23H23FN4O2. The minimum absolute atomic E-state index is 0.0323. The molecule has 30 heavy (non-hydrogen) atoms. The molecule has 0 saturated heterocycles. The third kappa shape index (κ3) is 4.25. The molecule has 1 aromatic heterocycles. The van der Waals surface area contributed by atoms with Crippen molar-refractivity contribution < 1.29 is 14.0 Å². The number of carbonyl (C=O) groups excluding carboxylic acids is 2. The Bertz CT molecular complexity index is 1080. The number of carbonyl (C=O) groups is 2.